The number of nitrogens with one attached hydrogen (secondary N) is 1. The van der Waals surface area contributed by atoms with Gasteiger partial charge in [-0.15, -0.1) is 22.7 Å². The molecule has 2 aromatic heterocycles. The highest BCUT2D eigenvalue weighted by Crippen LogP contribution is 2.17. The lowest BCUT2D eigenvalue weighted by Crippen LogP contribution is -2.12. The molecule has 0 aromatic carbocycles. The first-order chi connectivity index (χ1) is 8.69. The third-order valence-electron chi connectivity index (χ3n) is 2.65. The second-order valence-corrected chi connectivity index (χ2v) is 6.40. The van der Waals surface area contributed by atoms with E-state index in [-0.39, 0.29) is 0 Å². The quantitative estimate of drug-likeness (QED) is 0.879. The van der Waals surface area contributed by atoms with Gasteiger partial charge in [-0.1, -0.05) is 20.8 Å². The monoisotopic (exact) mass is 281 g/mol. The average molecular weight is 281 g/mol. The van der Waals surface area contributed by atoms with Crippen molar-refractivity contribution >= 4 is 22.7 Å². The maximum absolute atomic E-state index is 4.60. The Morgan fingerprint density at radius 1 is 1.11 bits per heavy atom. The first-order valence-electron chi connectivity index (χ1n) is 6.27. The third-order valence-corrected chi connectivity index (χ3v) is 4.55. The summed E-state index contributed by atoms with van der Waals surface area (Å²) in [6, 6.07) is 0. The Morgan fingerprint density at radius 2 is 1.89 bits per heavy atom. The minimum absolute atomic E-state index is 0.514. The molecule has 0 aliphatic rings. The van der Waals surface area contributed by atoms with E-state index in [1.165, 1.54) is 10.7 Å². The molecular formula is C13H19N3S2. The van der Waals surface area contributed by atoms with Crippen LogP contribution in [-0.2, 0) is 19.5 Å². The molecule has 5 heteroatoms. The molecule has 0 aliphatic heterocycles. The van der Waals surface area contributed by atoms with Crippen molar-refractivity contribution in [3.05, 3.63) is 32.2 Å². The van der Waals surface area contributed by atoms with E-state index in [0.717, 1.165) is 30.2 Å². The standard InChI is InChI=1S/C13H19N3S2/c1-4-12-15-10(7-17-12)5-14-6-13-16-11(8-18-13)9(2)3/h7-9,14H,4-6H2,1-3H3. The van der Waals surface area contributed by atoms with Crippen LogP contribution >= 0.6 is 22.7 Å². The molecular weight excluding hydrogens is 262 g/mol. The first kappa shape index (κ1) is 13.6. The number of hydrogen-bond acceptors (Lipinski definition) is 5. The normalized spacial score (nSPS) is 11.3. The number of aromatic nitrogens is 2. The van der Waals surface area contributed by atoms with Gasteiger partial charge in [0.25, 0.3) is 0 Å². The van der Waals surface area contributed by atoms with Crippen LogP contribution in [0.15, 0.2) is 10.8 Å². The minimum Gasteiger partial charge on any atom is -0.305 e. The number of aryl methyl sites for hydroxylation is 1. The average Bonchev–Trinajstić information content (AvgIpc) is 2.97. The van der Waals surface area contributed by atoms with Gasteiger partial charge in [0.05, 0.1) is 16.4 Å². The lowest BCUT2D eigenvalue weighted by atomic mass is 10.2. The molecule has 18 heavy (non-hydrogen) atoms. The fourth-order valence-electron chi connectivity index (χ4n) is 1.56. The van der Waals surface area contributed by atoms with Gasteiger partial charge in [-0.25, -0.2) is 9.97 Å². The Bertz CT molecular complexity index is 488. The van der Waals surface area contributed by atoms with Gasteiger partial charge >= 0.3 is 0 Å². The second-order valence-electron chi connectivity index (χ2n) is 4.51. The van der Waals surface area contributed by atoms with Crippen molar-refractivity contribution in [2.24, 2.45) is 0 Å². The van der Waals surface area contributed by atoms with Gasteiger partial charge in [0, 0.05) is 23.8 Å². The van der Waals surface area contributed by atoms with Crippen LogP contribution in [-0.4, -0.2) is 9.97 Å². The smallest absolute Gasteiger partial charge is 0.107 e. The van der Waals surface area contributed by atoms with Crippen LogP contribution in [0.3, 0.4) is 0 Å². The lowest BCUT2D eigenvalue weighted by Gasteiger charge is -2.00. The molecule has 2 rings (SSSR count). The number of nitrogens with zero attached hydrogens (tertiary/aromatic N) is 2. The highest BCUT2D eigenvalue weighted by Gasteiger charge is 2.05. The molecule has 0 spiro atoms. The van der Waals surface area contributed by atoms with Crippen molar-refractivity contribution < 1.29 is 0 Å². The topological polar surface area (TPSA) is 37.8 Å². The minimum atomic E-state index is 0.514. The number of thiazole rings is 2. The summed E-state index contributed by atoms with van der Waals surface area (Å²) in [4.78, 5) is 9.13. The van der Waals surface area contributed by atoms with Crippen LogP contribution in [0.1, 0.15) is 48.1 Å². The van der Waals surface area contributed by atoms with Crippen LogP contribution in [0.5, 0.6) is 0 Å². The SMILES string of the molecule is CCc1nc(CNCc2nc(C(C)C)cs2)cs1. The summed E-state index contributed by atoms with van der Waals surface area (Å²) in [7, 11) is 0. The molecule has 0 bridgehead atoms. The highest BCUT2D eigenvalue weighted by molar-refractivity contribution is 7.09. The van der Waals surface area contributed by atoms with Crippen LogP contribution < -0.4 is 5.32 Å². The zero-order valence-corrected chi connectivity index (χ0v) is 12.7. The van der Waals surface area contributed by atoms with Gasteiger partial charge in [0.1, 0.15) is 5.01 Å². The Balaban J connectivity index is 1.80. The van der Waals surface area contributed by atoms with Gasteiger partial charge in [-0.3, -0.25) is 0 Å². The van der Waals surface area contributed by atoms with Crippen molar-refractivity contribution in [3.8, 4) is 0 Å². The molecule has 3 nitrogen and oxygen atoms in total. The molecule has 0 fully saturated rings. The Labute approximate surface area is 116 Å². The summed E-state index contributed by atoms with van der Waals surface area (Å²) in [6.45, 7) is 8.14. The van der Waals surface area contributed by atoms with E-state index >= 15 is 0 Å². The molecule has 0 saturated carbocycles. The van der Waals surface area contributed by atoms with Gasteiger partial charge in [-0.2, -0.15) is 0 Å². The van der Waals surface area contributed by atoms with Crippen LogP contribution in [0, 0.1) is 0 Å². The summed E-state index contributed by atoms with van der Waals surface area (Å²) < 4.78 is 0. The summed E-state index contributed by atoms with van der Waals surface area (Å²) in [5, 5.41) is 10.1. The van der Waals surface area contributed by atoms with E-state index in [9.17, 15) is 0 Å². The van der Waals surface area contributed by atoms with Crippen LogP contribution in [0.4, 0.5) is 0 Å². The molecule has 0 atom stereocenters. The summed E-state index contributed by atoms with van der Waals surface area (Å²) in [5.74, 6) is 0.514. The lowest BCUT2D eigenvalue weighted by molar-refractivity contribution is 0.673. The third kappa shape index (κ3) is 3.60. The van der Waals surface area contributed by atoms with Gasteiger partial charge in [0.2, 0.25) is 0 Å². The number of hydrogen-bond donors (Lipinski definition) is 1. The second kappa shape index (κ2) is 6.41. The molecule has 0 unspecified atom stereocenters. The van der Waals surface area contributed by atoms with E-state index in [1.54, 1.807) is 22.7 Å². The number of rotatable bonds is 6. The van der Waals surface area contributed by atoms with Crippen LogP contribution in [0.2, 0.25) is 0 Å². The molecule has 2 heterocycles. The van der Waals surface area contributed by atoms with Crippen molar-refractivity contribution in [1.82, 2.24) is 15.3 Å². The van der Waals surface area contributed by atoms with E-state index in [1.807, 2.05) is 0 Å². The first-order valence-corrected chi connectivity index (χ1v) is 8.03. The molecule has 98 valence electrons. The predicted molar refractivity (Wildman–Crippen MR) is 78.2 cm³/mol. The Hall–Kier alpha value is -0.780. The highest BCUT2D eigenvalue weighted by atomic mass is 32.1. The van der Waals surface area contributed by atoms with Crippen molar-refractivity contribution in [2.75, 3.05) is 0 Å². The van der Waals surface area contributed by atoms with Crippen LogP contribution in [0.25, 0.3) is 0 Å². The molecule has 0 radical (unpaired) electrons. The molecule has 0 aliphatic carbocycles. The maximum Gasteiger partial charge on any atom is 0.107 e. The summed E-state index contributed by atoms with van der Waals surface area (Å²) in [6.07, 6.45) is 1.02. The van der Waals surface area contributed by atoms with Crippen molar-refractivity contribution in [3.63, 3.8) is 0 Å². The summed E-state index contributed by atoms with van der Waals surface area (Å²) in [5.41, 5.74) is 2.33. The fraction of sp³-hybridized carbons (Fsp3) is 0.538. The maximum atomic E-state index is 4.60. The molecule has 2 aromatic rings. The fourth-order valence-corrected chi connectivity index (χ4v) is 3.23. The van der Waals surface area contributed by atoms with E-state index in [0.29, 0.717) is 5.92 Å². The molecule has 1 N–H and O–H groups in total. The molecule has 0 saturated heterocycles. The largest absolute Gasteiger partial charge is 0.305 e. The predicted octanol–water partition coefficient (Wildman–Crippen LogP) is 3.58. The van der Waals surface area contributed by atoms with Crippen molar-refractivity contribution in [1.29, 1.82) is 0 Å². The zero-order chi connectivity index (χ0) is 13.0. The van der Waals surface area contributed by atoms with E-state index in [4.69, 9.17) is 0 Å². The van der Waals surface area contributed by atoms with E-state index in [2.05, 4.69) is 46.8 Å². The zero-order valence-electron chi connectivity index (χ0n) is 11.1. The van der Waals surface area contributed by atoms with Gasteiger partial charge in [0.15, 0.2) is 0 Å². The molecule has 0 amide bonds. The van der Waals surface area contributed by atoms with E-state index < -0.39 is 0 Å². The van der Waals surface area contributed by atoms with Gasteiger partial charge in [-0.05, 0) is 12.3 Å². The Morgan fingerprint density at radius 3 is 2.50 bits per heavy atom. The Kier molecular flexibility index (Phi) is 4.86. The van der Waals surface area contributed by atoms with Gasteiger partial charge < -0.3 is 5.32 Å². The summed E-state index contributed by atoms with van der Waals surface area (Å²) >= 11 is 3.47. The van der Waals surface area contributed by atoms with Crippen molar-refractivity contribution in [2.45, 2.75) is 46.2 Å².